The summed E-state index contributed by atoms with van der Waals surface area (Å²) in [5, 5.41) is 8.02. The molecule has 0 unspecified atom stereocenters. The summed E-state index contributed by atoms with van der Waals surface area (Å²) in [6.07, 6.45) is -5.40. The van der Waals surface area contributed by atoms with Gasteiger partial charge in [-0.05, 0) is 37.6 Å². The molecule has 30 heavy (non-hydrogen) atoms. The van der Waals surface area contributed by atoms with Crippen molar-refractivity contribution >= 4 is 21.7 Å². The zero-order valence-corrected chi connectivity index (χ0v) is 16.6. The van der Waals surface area contributed by atoms with Crippen molar-refractivity contribution in [2.24, 2.45) is 0 Å². The van der Waals surface area contributed by atoms with Crippen LogP contribution in [0.25, 0.3) is 0 Å². The van der Waals surface area contributed by atoms with Crippen molar-refractivity contribution in [2.75, 3.05) is 6.54 Å². The summed E-state index contributed by atoms with van der Waals surface area (Å²) in [5.74, 6) is -2.11. The van der Waals surface area contributed by atoms with Crippen molar-refractivity contribution in [1.82, 2.24) is 4.90 Å². The lowest BCUT2D eigenvalue weighted by molar-refractivity contribution is -0.141. The van der Waals surface area contributed by atoms with E-state index in [1.54, 1.807) is 19.1 Å². The standard InChI is InChI=1S/C20H18F3NO5S/c1-12-6-8-13(9-7-12)18(25)24-11-14(10-16(24)19(26)27)30(28,29)17-5-3-2-4-15(17)20(21,22)23/h2-9,14,16H,10-11H2,1H3,(H,26,27)/t14-,16+/m1/s1. The van der Waals surface area contributed by atoms with E-state index in [1.807, 2.05) is 0 Å². The van der Waals surface area contributed by atoms with Crippen LogP contribution in [0.15, 0.2) is 53.4 Å². The molecule has 1 aliphatic heterocycles. The molecular formula is C20H18F3NO5S. The van der Waals surface area contributed by atoms with Crippen molar-refractivity contribution in [3.8, 4) is 0 Å². The van der Waals surface area contributed by atoms with Crippen molar-refractivity contribution < 1.29 is 36.3 Å². The van der Waals surface area contributed by atoms with Crippen molar-refractivity contribution in [1.29, 1.82) is 0 Å². The second kappa shape index (κ2) is 7.75. The molecule has 2 aromatic rings. The Labute approximate surface area is 170 Å². The number of likely N-dealkylation sites (tertiary alicyclic amines) is 1. The minimum atomic E-state index is -4.90. The second-order valence-electron chi connectivity index (χ2n) is 7.07. The largest absolute Gasteiger partial charge is 0.480 e. The SMILES string of the molecule is Cc1ccc(C(=O)N2C[C@H](S(=O)(=O)c3ccccc3C(F)(F)F)C[C@H]2C(=O)O)cc1. The Kier molecular flexibility index (Phi) is 5.64. The number of nitrogens with zero attached hydrogens (tertiary/aromatic N) is 1. The van der Waals surface area contributed by atoms with E-state index in [-0.39, 0.29) is 5.56 Å². The molecule has 0 aliphatic carbocycles. The number of aliphatic carboxylic acids is 1. The van der Waals surface area contributed by atoms with Crippen LogP contribution in [0, 0.1) is 6.92 Å². The summed E-state index contributed by atoms with van der Waals surface area (Å²) in [6.45, 7) is 1.28. The summed E-state index contributed by atoms with van der Waals surface area (Å²) in [4.78, 5) is 24.4. The Morgan fingerprint density at radius 2 is 1.67 bits per heavy atom. The van der Waals surface area contributed by atoms with E-state index in [9.17, 15) is 36.3 Å². The fourth-order valence-corrected chi connectivity index (χ4v) is 5.38. The Morgan fingerprint density at radius 3 is 2.23 bits per heavy atom. The predicted octanol–water partition coefficient (Wildman–Crippen LogP) is 3.16. The zero-order chi connectivity index (χ0) is 22.3. The quantitative estimate of drug-likeness (QED) is 0.787. The number of hydrogen-bond acceptors (Lipinski definition) is 4. The second-order valence-corrected chi connectivity index (χ2v) is 9.27. The first kappa shape index (κ1) is 21.8. The minimum absolute atomic E-state index is 0.167. The highest BCUT2D eigenvalue weighted by Crippen LogP contribution is 2.37. The van der Waals surface area contributed by atoms with Crippen LogP contribution in [0.1, 0.15) is 27.9 Å². The van der Waals surface area contributed by atoms with Gasteiger partial charge in [-0.1, -0.05) is 29.8 Å². The molecule has 0 radical (unpaired) electrons. The zero-order valence-electron chi connectivity index (χ0n) is 15.8. The molecule has 2 aromatic carbocycles. The number of amides is 1. The van der Waals surface area contributed by atoms with E-state index in [0.717, 1.165) is 22.6 Å². The molecule has 1 saturated heterocycles. The smallest absolute Gasteiger partial charge is 0.417 e. The van der Waals surface area contributed by atoms with Crippen LogP contribution < -0.4 is 0 Å². The van der Waals surface area contributed by atoms with Crippen LogP contribution in [0.2, 0.25) is 0 Å². The lowest BCUT2D eigenvalue weighted by Gasteiger charge is -2.21. The van der Waals surface area contributed by atoms with E-state index in [4.69, 9.17) is 0 Å². The van der Waals surface area contributed by atoms with Gasteiger partial charge in [0.05, 0.1) is 15.7 Å². The molecule has 1 aliphatic rings. The fraction of sp³-hybridized carbons (Fsp3) is 0.300. The maximum absolute atomic E-state index is 13.3. The molecular weight excluding hydrogens is 423 g/mol. The first-order chi connectivity index (χ1) is 13.9. The van der Waals surface area contributed by atoms with E-state index >= 15 is 0 Å². The number of halogens is 3. The molecule has 2 atom stereocenters. The van der Waals surface area contributed by atoms with Gasteiger partial charge in [0.15, 0.2) is 9.84 Å². The Balaban J connectivity index is 1.98. The summed E-state index contributed by atoms with van der Waals surface area (Å²) in [5.41, 5.74) is -0.284. The van der Waals surface area contributed by atoms with E-state index < -0.39 is 62.6 Å². The highest BCUT2D eigenvalue weighted by Gasteiger charge is 2.47. The number of rotatable bonds is 4. The van der Waals surface area contributed by atoms with E-state index in [2.05, 4.69) is 0 Å². The first-order valence-electron chi connectivity index (χ1n) is 8.93. The minimum Gasteiger partial charge on any atom is -0.480 e. The van der Waals surface area contributed by atoms with Gasteiger partial charge in [-0.25, -0.2) is 13.2 Å². The number of aryl methyl sites for hydroxylation is 1. The number of hydrogen-bond donors (Lipinski definition) is 1. The molecule has 1 amide bonds. The number of carbonyl (C=O) groups is 2. The molecule has 6 nitrogen and oxygen atoms in total. The maximum Gasteiger partial charge on any atom is 0.417 e. The number of carbonyl (C=O) groups excluding carboxylic acids is 1. The third-order valence-electron chi connectivity index (χ3n) is 5.04. The monoisotopic (exact) mass is 441 g/mol. The summed E-state index contributed by atoms with van der Waals surface area (Å²) in [7, 11) is -4.55. The van der Waals surface area contributed by atoms with E-state index in [1.165, 1.54) is 18.2 Å². The van der Waals surface area contributed by atoms with Crippen molar-refractivity contribution in [2.45, 2.75) is 35.7 Å². The molecule has 1 heterocycles. The maximum atomic E-state index is 13.3. The Morgan fingerprint density at radius 1 is 1.07 bits per heavy atom. The third kappa shape index (κ3) is 4.04. The molecule has 10 heteroatoms. The van der Waals surface area contributed by atoms with Crippen LogP contribution in [0.3, 0.4) is 0 Å². The van der Waals surface area contributed by atoms with Gasteiger partial charge in [-0.3, -0.25) is 4.79 Å². The van der Waals surface area contributed by atoms with Crippen LogP contribution >= 0.6 is 0 Å². The van der Waals surface area contributed by atoms with Crippen LogP contribution in [-0.4, -0.2) is 48.1 Å². The number of alkyl halides is 3. The molecule has 0 spiro atoms. The molecule has 0 aromatic heterocycles. The summed E-state index contributed by atoms with van der Waals surface area (Å²) >= 11 is 0. The lowest BCUT2D eigenvalue weighted by atomic mass is 10.1. The normalized spacial score (nSPS) is 19.7. The van der Waals surface area contributed by atoms with Gasteiger partial charge in [0, 0.05) is 12.1 Å². The number of sulfone groups is 1. The van der Waals surface area contributed by atoms with E-state index in [0.29, 0.717) is 6.07 Å². The topological polar surface area (TPSA) is 91.8 Å². The number of benzene rings is 2. The lowest BCUT2D eigenvalue weighted by Crippen LogP contribution is -2.40. The molecule has 0 bridgehead atoms. The molecule has 160 valence electrons. The van der Waals surface area contributed by atoms with Gasteiger partial charge in [-0.15, -0.1) is 0 Å². The molecule has 0 saturated carbocycles. The third-order valence-corrected chi connectivity index (χ3v) is 7.23. The number of carboxylic acids is 1. The fourth-order valence-electron chi connectivity index (χ4n) is 3.47. The van der Waals surface area contributed by atoms with Gasteiger partial charge in [-0.2, -0.15) is 13.2 Å². The summed E-state index contributed by atoms with van der Waals surface area (Å²) in [6, 6.07) is 8.54. The van der Waals surface area contributed by atoms with Gasteiger partial charge >= 0.3 is 12.1 Å². The Hall–Kier alpha value is -2.88. The van der Waals surface area contributed by atoms with Gasteiger partial charge in [0.25, 0.3) is 5.91 Å². The van der Waals surface area contributed by atoms with Crippen LogP contribution in [0.4, 0.5) is 13.2 Å². The molecule has 3 rings (SSSR count). The predicted molar refractivity (Wildman–Crippen MR) is 101 cm³/mol. The van der Waals surface area contributed by atoms with Gasteiger partial charge in [0.1, 0.15) is 6.04 Å². The molecule has 1 N–H and O–H groups in total. The van der Waals surface area contributed by atoms with Crippen LogP contribution in [0.5, 0.6) is 0 Å². The highest BCUT2D eigenvalue weighted by atomic mass is 32.2. The van der Waals surface area contributed by atoms with Crippen LogP contribution in [-0.2, 0) is 20.8 Å². The first-order valence-corrected chi connectivity index (χ1v) is 10.5. The molecule has 1 fully saturated rings. The van der Waals surface area contributed by atoms with Crippen molar-refractivity contribution in [3.63, 3.8) is 0 Å². The average Bonchev–Trinajstić information content (AvgIpc) is 3.14. The highest BCUT2D eigenvalue weighted by molar-refractivity contribution is 7.92. The van der Waals surface area contributed by atoms with Gasteiger partial charge in [0.2, 0.25) is 0 Å². The summed E-state index contributed by atoms with van der Waals surface area (Å²) < 4.78 is 65.9. The average molecular weight is 441 g/mol. The number of carboxylic acid groups (broad SMARTS) is 1. The Bertz CT molecular complexity index is 1080. The van der Waals surface area contributed by atoms with Gasteiger partial charge < -0.3 is 10.0 Å². The van der Waals surface area contributed by atoms with Crippen molar-refractivity contribution in [3.05, 3.63) is 65.2 Å².